The molecule has 0 radical (unpaired) electrons. The maximum absolute atomic E-state index is 12.9. The molecule has 26 heavy (non-hydrogen) atoms. The van der Waals surface area contributed by atoms with Crippen LogP contribution in [0.3, 0.4) is 0 Å². The number of hydrogen-bond donors (Lipinski definition) is 0. The highest BCUT2D eigenvalue weighted by molar-refractivity contribution is 6.33. The number of carbonyl (C=O) groups is 3. The van der Waals surface area contributed by atoms with E-state index in [2.05, 4.69) is 5.16 Å². The van der Waals surface area contributed by atoms with Gasteiger partial charge in [0.25, 0.3) is 5.91 Å². The fraction of sp³-hybridized carbons (Fsp3) is 0.333. The third kappa shape index (κ3) is 2.59. The molecule has 0 N–H and O–H groups in total. The highest BCUT2D eigenvalue weighted by Gasteiger charge is 2.43. The first-order chi connectivity index (χ1) is 12.5. The number of imide groups is 1. The van der Waals surface area contributed by atoms with Gasteiger partial charge in [-0.1, -0.05) is 35.0 Å². The number of hydrogen-bond acceptors (Lipinski definition) is 5. The summed E-state index contributed by atoms with van der Waals surface area (Å²) in [4.78, 5) is 39.4. The van der Waals surface area contributed by atoms with E-state index in [0.29, 0.717) is 40.7 Å². The number of halogens is 1. The van der Waals surface area contributed by atoms with Crippen LogP contribution in [0.4, 0.5) is 0 Å². The van der Waals surface area contributed by atoms with Gasteiger partial charge < -0.3 is 9.42 Å². The highest BCUT2D eigenvalue weighted by Crippen LogP contribution is 2.33. The molecular weight excluding hydrogens is 358 g/mol. The van der Waals surface area contributed by atoms with Crippen molar-refractivity contribution >= 4 is 29.3 Å². The average Bonchev–Trinajstić information content (AvgIpc) is 3.11. The van der Waals surface area contributed by atoms with E-state index in [1.165, 1.54) is 4.90 Å². The van der Waals surface area contributed by atoms with E-state index in [0.717, 1.165) is 0 Å². The van der Waals surface area contributed by atoms with Crippen LogP contribution in [-0.4, -0.2) is 51.8 Å². The van der Waals surface area contributed by atoms with E-state index >= 15 is 0 Å². The van der Waals surface area contributed by atoms with Crippen molar-refractivity contribution in [3.8, 4) is 11.3 Å². The molecule has 8 heteroatoms. The third-order valence-corrected chi connectivity index (χ3v) is 5.14. The molecule has 3 amide bonds. The molecule has 7 nitrogen and oxygen atoms in total. The minimum atomic E-state index is -0.245. The lowest BCUT2D eigenvalue weighted by Gasteiger charge is -2.42. The molecule has 134 valence electrons. The number of aryl methyl sites for hydroxylation is 1. The second-order valence-corrected chi connectivity index (χ2v) is 6.87. The fourth-order valence-electron chi connectivity index (χ4n) is 3.40. The molecule has 2 aliphatic heterocycles. The van der Waals surface area contributed by atoms with Crippen LogP contribution in [0.25, 0.3) is 11.3 Å². The first kappa shape index (κ1) is 16.8. The van der Waals surface area contributed by atoms with Gasteiger partial charge in [-0.15, -0.1) is 0 Å². The second kappa shape index (κ2) is 6.25. The van der Waals surface area contributed by atoms with Crippen LogP contribution in [0, 0.1) is 6.92 Å². The van der Waals surface area contributed by atoms with Crippen LogP contribution >= 0.6 is 11.6 Å². The van der Waals surface area contributed by atoms with Gasteiger partial charge in [0.2, 0.25) is 11.8 Å². The minimum absolute atomic E-state index is 0.162. The molecule has 1 aromatic carbocycles. The Morgan fingerprint density at radius 2 is 1.85 bits per heavy atom. The number of benzene rings is 1. The molecule has 1 aromatic heterocycles. The van der Waals surface area contributed by atoms with Crippen molar-refractivity contribution in [1.82, 2.24) is 15.0 Å². The lowest BCUT2D eigenvalue weighted by atomic mass is 10.0. The van der Waals surface area contributed by atoms with E-state index in [-0.39, 0.29) is 36.6 Å². The van der Waals surface area contributed by atoms with Crippen LogP contribution < -0.4 is 0 Å². The zero-order chi connectivity index (χ0) is 18.4. The summed E-state index contributed by atoms with van der Waals surface area (Å²) in [5, 5.41) is 4.48. The lowest BCUT2D eigenvalue weighted by Crippen LogP contribution is -2.62. The molecule has 2 fully saturated rings. The first-order valence-electron chi connectivity index (χ1n) is 8.32. The van der Waals surface area contributed by atoms with Crippen LogP contribution in [-0.2, 0) is 9.59 Å². The molecule has 2 aromatic rings. The Labute approximate surface area is 154 Å². The smallest absolute Gasteiger partial charge is 0.259 e. The zero-order valence-corrected chi connectivity index (χ0v) is 14.8. The van der Waals surface area contributed by atoms with E-state index in [9.17, 15) is 14.4 Å². The largest absolute Gasteiger partial charge is 0.360 e. The van der Waals surface area contributed by atoms with Crippen molar-refractivity contribution in [2.24, 2.45) is 0 Å². The Kier molecular flexibility index (Phi) is 4.03. The zero-order valence-electron chi connectivity index (χ0n) is 14.1. The number of aromatic nitrogens is 1. The minimum Gasteiger partial charge on any atom is -0.360 e. The molecule has 0 spiro atoms. The van der Waals surface area contributed by atoms with Gasteiger partial charge >= 0.3 is 0 Å². The van der Waals surface area contributed by atoms with Gasteiger partial charge in [0.15, 0.2) is 0 Å². The summed E-state index contributed by atoms with van der Waals surface area (Å²) in [6, 6.07) is 6.86. The maximum Gasteiger partial charge on any atom is 0.259 e. The van der Waals surface area contributed by atoms with Crippen LogP contribution in [0.5, 0.6) is 0 Å². The van der Waals surface area contributed by atoms with Gasteiger partial charge in [-0.25, -0.2) is 0 Å². The summed E-state index contributed by atoms with van der Waals surface area (Å²) in [6.45, 7) is 2.32. The second-order valence-electron chi connectivity index (χ2n) is 6.46. The van der Waals surface area contributed by atoms with Crippen LogP contribution in [0.15, 0.2) is 28.8 Å². The highest BCUT2D eigenvalue weighted by atomic mass is 35.5. The van der Waals surface area contributed by atoms with E-state index in [1.807, 2.05) is 6.07 Å². The monoisotopic (exact) mass is 373 g/mol. The number of rotatable bonds is 3. The quantitative estimate of drug-likeness (QED) is 0.771. The number of nitrogens with zero attached hydrogens (tertiary/aromatic N) is 3. The third-order valence-electron chi connectivity index (χ3n) is 4.81. The lowest BCUT2D eigenvalue weighted by molar-refractivity contribution is -0.144. The number of carbonyl (C=O) groups excluding carboxylic acids is 3. The predicted molar refractivity (Wildman–Crippen MR) is 92.5 cm³/mol. The summed E-state index contributed by atoms with van der Waals surface area (Å²) in [6.07, 6.45) is 0.509. The molecule has 0 unspecified atom stereocenters. The summed E-state index contributed by atoms with van der Waals surface area (Å²) >= 11 is 6.23. The molecule has 3 heterocycles. The number of likely N-dealkylation sites (tertiary alicyclic amines) is 2. The van der Waals surface area contributed by atoms with Gasteiger partial charge in [-0.3, -0.25) is 19.3 Å². The summed E-state index contributed by atoms with van der Waals surface area (Å²) in [5.41, 5.74) is 1.38. The van der Waals surface area contributed by atoms with Gasteiger partial charge in [0.1, 0.15) is 17.0 Å². The molecule has 2 saturated heterocycles. The van der Waals surface area contributed by atoms with Crippen molar-refractivity contribution in [2.75, 3.05) is 13.1 Å². The Balaban J connectivity index is 1.56. The summed E-state index contributed by atoms with van der Waals surface area (Å²) in [5.74, 6) is -0.161. The van der Waals surface area contributed by atoms with Crippen molar-refractivity contribution in [3.63, 3.8) is 0 Å². The molecule has 0 aliphatic carbocycles. The summed E-state index contributed by atoms with van der Waals surface area (Å²) < 4.78 is 5.23. The van der Waals surface area contributed by atoms with Crippen molar-refractivity contribution in [1.29, 1.82) is 0 Å². The predicted octanol–water partition coefficient (Wildman–Crippen LogP) is 2.28. The van der Waals surface area contributed by atoms with Crippen LogP contribution in [0.1, 0.15) is 29.0 Å². The standard InChI is InChI=1S/C18H16ClN3O4/c1-10-16(17(20-26-10)12-4-2-3-5-13(12)19)18(25)21-8-11(9-21)22-14(23)6-7-15(22)24/h2-5,11H,6-9H2,1H3. The SMILES string of the molecule is Cc1onc(-c2ccccc2Cl)c1C(=O)N1CC(N2C(=O)CCC2=O)C1. The first-order valence-corrected chi connectivity index (χ1v) is 8.70. The van der Waals surface area contributed by atoms with Gasteiger partial charge in [-0.2, -0.15) is 0 Å². The van der Waals surface area contributed by atoms with Gasteiger partial charge in [0.05, 0.1) is 11.1 Å². The summed E-state index contributed by atoms with van der Waals surface area (Å²) in [7, 11) is 0. The van der Waals surface area contributed by atoms with Crippen molar-refractivity contribution in [2.45, 2.75) is 25.8 Å². The van der Waals surface area contributed by atoms with Crippen molar-refractivity contribution in [3.05, 3.63) is 40.6 Å². The van der Waals surface area contributed by atoms with E-state index in [4.69, 9.17) is 16.1 Å². The molecule has 0 bridgehead atoms. The fourth-order valence-corrected chi connectivity index (χ4v) is 3.63. The van der Waals surface area contributed by atoms with Crippen molar-refractivity contribution < 1.29 is 18.9 Å². The Morgan fingerprint density at radius 3 is 2.50 bits per heavy atom. The maximum atomic E-state index is 12.9. The molecule has 0 atom stereocenters. The van der Waals surface area contributed by atoms with E-state index in [1.54, 1.807) is 30.0 Å². The Hall–Kier alpha value is -2.67. The molecule has 2 aliphatic rings. The molecule has 4 rings (SSSR count). The molecular formula is C18H16ClN3O4. The van der Waals surface area contributed by atoms with Gasteiger partial charge in [-0.05, 0) is 13.0 Å². The Morgan fingerprint density at radius 1 is 1.19 bits per heavy atom. The normalized spacial score (nSPS) is 17.8. The molecule has 0 saturated carbocycles. The number of amides is 3. The van der Waals surface area contributed by atoms with E-state index < -0.39 is 0 Å². The average molecular weight is 374 g/mol. The van der Waals surface area contributed by atoms with Gasteiger partial charge in [0, 0.05) is 31.5 Å². The topological polar surface area (TPSA) is 83.7 Å². The Bertz CT molecular complexity index is 901. The van der Waals surface area contributed by atoms with Crippen LogP contribution in [0.2, 0.25) is 5.02 Å².